The first-order valence-corrected chi connectivity index (χ1v) is 10.1. The second kappa shape index (κ2) is 7.55. The van der Waals surface area contributed by atoms with Crippen molar-refractivity contribution in [1.82, 2.24) is 10.2 Å². The van der Waals surface area contributed by atoms with Crippen LogP contribution < -0.4 is 15.4 Å². The predicted molar refractivity (Wildman–Crippen MR) is 107 cm³/mol. The van der Waals surface area contributed by atoms with Crippen molar-refractivity contribution in [2.75, 3.05) is 26.1 Å². The zero-order valence-corrected chi connectivity index (χ0v) is 17.3. The van der Waals surface area contributed by atoms with E-state index in [9.17, 15) is 19.5 Å². The highest BCUT2D eigenvalue weighted by Gasteiger charge is 2.74. The molecule has 3 amide bonds. The molecule has 162 valence electrons. The Morgan fingerprint density at radius 2 is 2.03 bits per heavy atom. The molecule has 0 radical (unpaired) electrons. The van der Waals surface area contributed by atoms with E-state index in [1.807, 2.05) is 0 Å². The van der Waals surface area contributed by atoms with Crippen molar-refractivity contribution >= 4 is 23.4 Å². The number of ether oxygens (including phenoxy) is 2. The first kappa shape index (κ1) is 20.6. The number of fused-ring (bicyclic) bond motifs is 1. The van der Waals surface area contributed by atoms with Gasteiger partial charge in [-0.15, -0.1) is 0 Å². The normalized spacial score (nSPS) is 32.7. The molecule has 30 heavy (non-hydrogen) atoms. The van der Waals surface area contributed by atoms with Gasteiger partial charge in [0, 0.05) is 12.7 Å². The van der Waals surface area contributed by atoms with Crippen molar-refractivity contribution < 1.29 is 29.0 Å². The molecule has 3 N–H and O–H groups in total. The maximum Gasteiger partial charge on any atom is 0.250 e. The highest BCUT2D eigenvalue weighted by atomic mass is 16.5. The summed E-state index contributed by atoms with van der Waals surface area (Å²) in [5.41, 5.74) is -0.515. The number of likely N-dealkylation sites (tertiary alicyclic amines) is 1. The number of rotatable bonds is 6. The first-order chi connectivity index (χ1) is 14.4. The average Bonchev–Trinajstić information content (AvgIpc) is 3.40. The summed E-state index contributed by atoms with van der Waals surface area (Å²) in [6.07, 6.45) is 0.730. The Balaban J connectivity index is 1.69. The van der Waals surface area contributed by atoms with Crippen LogP contribution in [0, 0.1) is 11.8 Å². The zero-order valence-electron chi connectivity index (χ0n) is 17.3. The van der Waals surface area contributed by atoms with Gasteiger partial charge in [-0.3, -0.25) is 14.4 Å². The topological polar surface area (TPSA) is 117 Å². The smallest absolute Gasteiger partial charge is 0.250 e. The summed E-state index contributed by atoms with van der Waals surface area (Å²) < 4.78 is 11.4. The fourth-order valence-corrected chi connectivity index (χ4v) is 5.30. The van der Waals surface area contributed by atoms with Gasteiger partial charge in [-0.05, 0) is 44.0 Å². The third-order valence-electron chi connectivity index (χ3n) is 6.63. The van der Waals surface area contributed by atoms with E-state index in [1.165, 1.54) is 11.9 Å². The summed E-state index contributed by atoms with van der Waals surface area (Å²) in [6.45, 7) is 1.39. The van der Waals surface area contributed by atoms with E-state index >= 15 is 0 Å². The molecule has 0 saturated carbocycles. The number of hydrogen-bond donors (Lipinski definition) is 3. The van der Waals surface area contributed by atoms with Crippen LogP contribution in [0.15, 0.2) is 24.3 Å². The standard InChI is InChI=1S/C21H27N3O6/c1-11(10-25)24-17(19(27)23-12-4-6-13(29-3)7-5-12)21-9-8-14(30-21)15(18(26)22-2)16(21)20(24)28/h4-7,11,14-17,25H,8-10H2,1-3H3,(H,22,26)(H,23,27)/t11-,14-,15+,16+,17?,21?/m1/s1. The molecule has 2 unspecified atom stereocenters. The van der Waals surface area contributed by atoms with E-state index in [-0.39, 0.29) is 24.5 Å². The quantitative estimate of drug-likeness (QED) is 0.606. The SMILES string of the molecule is CNC(=O)[C@@H]1[C@H]2C(=O)N([C@H](C)CO)C(C(=O)Nc3ccc(OC)cc3)C23CC[C@H]1O3. The summed E-state index contributed by atoms with van der Waals surface area (Å²) in [5, 5.41) is 15.2. The summed E-state index contributed by atoms with van der Waals surface area (Å²) in [5.74, 6) is -1.69. The van der Waals surface area contributed by atoms with Gasteiger partial charge in [0.15, 0.2) is 0 Å². The fourth-order valence-electron chi connectivity index (χ4n) is 5.30. The van der Waals surface area contributed by atoms with Crippen LogP contribution in [-0.2, 0) is 19.1 Å². The molecule has 4 rings (SSSR count). The zero-order chi connectivity index (χ0) is 21.6. The number of carbonyl (C=O) groups is 3. The molecule has 3 aliphatic heterocycles. The number of anilines is 1. The highest BCUT2D eigenvalue weighted by Crippen LogP contribution is 2.58. The van der Waals surface area contributed by atoms with Gasteiger partial charge in [0.2, 0.25) is 17.7 Å². The minimum Gasteiger partial charge on any atom is -0.497 e. The van der Waals surface area contributed by atoms with Crippen LogP contribution in [0.4, 0.5) is 5.69 Å². The number of nitrogens with zero attached hydrogens (tertiary/aromatic N) is 1. The molecule has 1 aromatic carbocycles. The lowest BCUT2D eigenvalue weighted by Gasteiger charge is -2.35. The van der Waals surface area contributed by atoms with Crippen molar-refractivity contribution in [2.45, 2.75) is 43.6 Å². The Morgan fingerprint density at radius 3 is 2.63 bits per heavy atom. The van der Waals surface area contributed by atoms with Gasteiger partial charge in [-0.25, -0.2) is 0 Å². The second-order valence-electron chi connectivity index (χ2n) is 8.17. The Bertz CT molecular complexity index is 859. The van der Waals surface area contributed by atoms with E-state index < -0.39 is 35.4 Å². The molecule has 0 aromatic heterocycles. The average molecular weight is 417 g/mol. The van der Waals surface area contributed by atoms with Crippen LogP contribution in [0.2, 0.25) is 0 Å². The number of amides is 3. The minimum atomic E-state index is -1.07. The molecular weight excluding hydrogens is 390 g/mol. The van der Waals surface area contributed by atoms with Crippen molar-refractivity contribution in [1.29, 1.82) is 0 Å². The fraction of sp³-hybridized carbons (Fsp3) is 0.571. The Kier molecular flexibility index (Phi) is 5.19. The van der Waals surface area contributed by atoms with Crippen LogP contribution in [0.25, 0.3) is 0 Å². The van der Waals surface area contributed by atoms with Crippen molar-refractivity contribution in [3.8, 4) is 5.75 Å². The van der Waals surface area contributed by atoms with E-state index in [0.717, 1.165) is 0 Å². The molecule has 1 spiro atoms. The van der Waals surface area contributed by atoms with E-state index in [4.69, 9.17) is 9.47 Å². The molecule has 3 saturated heterocycles. The predicted octanol–water partition coefficient (Wildman–Crippen LogP) is 0.135. The van der Waals surface area contributed by atoms with Crippen molar-refractivity contribution in [3.63, 3.8) is 0 Å². The first-order valence-electron chi connectivity index (χ1n) is 10.1. The Morgan fingerprint density at radius 1 is 1.33 bits per heavy atom. The molecule has 2 bridgehead atoms. The van der Waals surface area contributed by atoms with Gasteiger partial charge in [-0.2, -0.15) is 0 Å². The number of methoxy groups -OCH3 is 1. The summed E-state index contributed by atoms with van der Waals surface area (Å²) >= 11 is 0. The molecule has 9 heteroatoms. The van der Waals surface area contributed by atoms with Gasteiger partial charge < -0.3 is 30.1 Å². The molecule has 0 aliphatic carbocycles. The molecule has 3 aliphatic rings. The van der Waals surface area contributed by atoms with Gasteiger partial charge in [-0.1, -0.05) is 0 Å². The summed E-state index contributed by atoms with van der Waals surface area (Å²) in [6, 6.07) is 5.36. The molecule has 9 nitrogen and oxygen atoms in total. The van der Waals surface area contributed by atoms with Gasteiger partial charge in [0.05, 0.1) is 37.7 Å². The third kappa shape index (κ3) is 2.87. The number of benzene rings is 1. The highest BCUT2D eigenvalue weighted by molar-refractivity contribution is 6.03. The van der Waals surface area contributed by atoms with E-state index in [0.29, 0.717) is 24.3 Å². The van der Waals surface area contributed by atoms with Crippen LogP contribution >= 0.6 is 0 Å². The lowest BCUT2D eigenvalue weighted by atomic mass is 9.70. The number of aliphatic hydroxyl groups is 1. The molecule has 3 fully saturated rings. The van der Waals surface area contributed by atoms with Crippen molar-refractivity contribution in [2.24, 2.45) is 11.8 Å². The largest absolute Gasteiger partial charge is 0.497 e. The minimum absolute atomic E-state index is 0.257. The summed E-state index contributed by atoms with van der Waals surface area (Å²) in [4.78, 5) is 40.8. The monoisotopic (exact) mass is 417 g/mol. The Labute approximate surface area is 174 Å². The second-order valence-corrected chi connectivity index (χ2v) is 8.17. The van der Waals surface area contributed by atoms with Gasteiger partial charge in [0.1, 0.15) is 17.4 Å². The maximum absolute atomic E-state index is 13.4. The van der Waals surface area contributed by atoms with E-state index in [2.05, 4.69) is 10.6 Å². The maximum atomic E-state index is 13.4. The molecule has 6 atom stereocenters. The molecular formula is C21H27N3O6. The van der Waals surface area contributed by atoms with Crippen molar-refractivity contribution in [3.05, 3.63) is 24.3 Å². The number of nitrogens with one attached hydrogen (secondary N) is 2. The molecule has 1 aromatic rings. The van der Waals surface area contributed by atoms with Gasteiger partial charge >= 0.3 is 0 Å². The number of aliphatic hydroxyl groups excluding tert-OH is 1. The lowest BCUT2D eigenvalue weighted by Crippen LogP contribution is -2.55. The van der Waals surface area contributed by atoms with Crippen LogP contribution in [0.1, 0.15) is 19.8 Å². The third-order valence-corrected chi connectivity index (χ3v) is 6.63. The molecule has 3 heterocycles. The number of hydrogen-bond acceptors (Lipinski definition) is 6. The Hall–Kier alpha value is -2.65. The lowest BCUT2D eigenvalue weighted by molar-refractivity contribution is -0.143. The van der Waals surface area contributed by atoms with Gasteiger partial charge in [0.25, 0.3) is 0 Å². The van der Waals surface area contributed by atoms with Crippen LogP contribution in [0.3, 0.4) is 0 Å². The number of carbonyl (C=O) groups excluding carboxylic acids is 3. The van der Waals surface area contributed by atoms with Crippen LogP contribution in [-0.4, -0.2) is 72.3 Å². The van der Waals surface area contributed by atoms with Crippen LogP contribution in [0.5, 0.6) is 5.75 Å². The summed E-state index contributed by atoms with van der Waals surface area (Å²) in [7, 11) is 3.09. The van der Waals surface area contributed by atoms with E-state index in [1.54, 1.807) is 38.3 Å².